The van der Waals surface area contributed by atoms with Crippen LogP contribution in [0.5, 0.6) is 0 Å². The maximum atomic E-state index is 9.29. The van der Waals surface area contributed by atoms with E-state index in [0.29, 0.717) is 16.8 Å². The summed E-state index contributed by atoms with van der Waals surface area (Å²) >= 11 is 0. The highest BCUT2D eigenvalue weighted by molar-refractivity contribution is 5.89. The highest BCUT2D eigenvalue weighted by Gasteiger charge is 2.15. The van der Waals surface area contributed by atoms with E-state index in [1.165, 1.54) is 4.90 Å². The van der Waals surface area contributed by atoms with Crippen molar-refractivity contribution in [2.75, 3.05) is 4.90 Å². The average molecular weight is 674 g/mol. The molecule has 0 aliphatic heterocycles. The molecule has 0 aliphatic carbocycles. The Kier molecular flexibility index (Phi) is 6.23. The van der Waals surface area contributed by atoms with Gasteiger partial charge in [0.2, 0.25) is 0 Å². The van der Waals surface area contributed by atoms with Gasteiger partial charge in [-0.05, 0) is 92.9 Å². The number of hydrogen-bond acceptors (Lipinski definition) is 2. The van der Waals surface area contributed by atoms with Gasteiger partial charge in [0.25, 0.3) is 0 Å². The molecule has 0 N–H and O–H groups in total. The number of rotatable bonds is 8. The van der Waals surface area contributed by atoms with Gasteiger partial charge in [-0.25, -0.2) is 0 Å². The Morgan fingerprint density at radius 1 is 0.346 bits per heavy atom. The Hall–Kier alpha value is -6.90. The third-order valence-electron chi connectivity index (χ3n) is 9.07. The topological polar surface area (TPSA) is 16.4 Å². The Bertz CT molecular complexity index is 2860. The van der Waals surface area contributed by atoms with Gasteiger partial charge >= 0.3 is 0 Å². The molecule has 1 aromatic heterocycles. The van der Waals surface area contributed by atoms with Gasteiger partial charge in [0.05, 0.1) is 11.0 Å². The first-order valence-electron chi connectivity index (χ1n) is 21.0. The van der Waals surface area contributed by atoms with Crippen LogP contribution in [0.1, 0.15) is 11.0 Å². The minimum atomic E-state index is -0.388. The Morgan fingerprint density at radius 3 is 1.35 bits per heavy atom. The van der Waals surface area contributed by atoms with Crippen molar-refractivity contribution in [1.82, 2.24) is 0 Å². The van der Waals surface area contributed by atoms with Crippen molar-refractivity contribution in [3.8, 4) is 55.8 Å². The third-order valence-corrected chi connectivity index (χ3v) is 9.07. The Balaban J connectivity index is 1.15. The molecule has 0 unspecified atom stereocenters. The summed E-state index contributed by atoms with van der Waals surface area (Å²) in [6.45, 7) is 0. The highest BCUT2D eigenvalue weighted by atomic mass is 16.3. The van der Waals surface area contributed by atoms with Crippen molar-refractivity contribution in [2.45, 2.75) is 0 Å². The number of furan rings is 1. The maximum absolute atomic E-state index is 9.29. The summed E-state index contributed by atoms with van der Waals surface area (Å²) in [7, 11) is 0. The fourth-order valence-corrected chi connectivity index (χ4v) is 6.41. The van der Waals surface area contributed by atoms with Gasteiger partial charge in [-0.15, -0.1) is 0 Å². The molecule has 0 amide bonds. The second kappa shape index (κ2) is 13.8. The quantitative estimate of drug-likeness (QED) is 0.160. The summed E-state index contributed by atoms with van der Waals surface area (Å²) in [6.07, 6.45) is 0. The van der Waals surface area contributed by atoms with Crippen LogP contribution in [0.15, 0.2) is 217 Å². The van der Waals surface area contributed by atoms with Crippen LogP contribution in [0, 0.1) is 0 Å². The maximum Gasteiger partial charge on any atom is 0.136 e. The van der Waals surface area contributed by atoms with Gasteiger partial charge in [-0.3, -0.25) is 0 Å². The van der Waals surface area contributed by atoms with Crippen LogP contribution in [-0.4, -0.2) is 0 Å². The zero-order valence-electron chi connectivity index (χ0n) is 35.9. The summed E-state index contributed by atoms with van der Waals surface area (Å²) in [5.74, 6) is 0.781. The molecule has 0 fully saturated rings. The summed E-state index contributed by atoms with van der Waals surface area (Å²) in [5, 5.41) is 1.03. The predicted molar refractivity (Wildman–Crippen MR) is 218 cm³/mol. The normalized spacial score (nSPS) is 13.2. The van der Waals surface area contributed by atoms with E-state index in [9.17, 15) is 5.48 Å². The molecule has 246 valence electrons. The van der Waals surface area contributed by atoms with E-state index in [1.54, 1.807) is 72.8 Å². The zero-order valence-corrected chi connectivity index (χ0v) is 27.9. The average Bonchev–Trinajstić information content (AvgIpc) is 3.73. The van der Waals surface area contributed by atoms with Crippen LogP contribution in [-0.2, 0) is 0 Å². The number of nitrogens with zero attached hydrogens (tertiary/aromatic N) is 1. The Morgan fingerprint density at radius 2 is 0.788 bits per heavy atom. The fourth-order valence-electron chi connectivity index (χ4n) is 6.41. The number of anilines is 3. The van der Waals surface area contributed by atoms with Crippen LogP contribution in [0.25, 0.3) is 66.8 Å². The van der Waals surface area contributed by atoms with Gasteiger partial charge in [0.1, 0.15) is 11.3 Å². The summed E-state index contributed by atoms with van der Waals surface area (Å²) < 4.78 is 79.7. The first kappa shape index (κ1) is 23.5. The lowest BCUT2D eigenvalue weighted by molar-refractivity contribution is 0.632. The first-order valence-corrected chi connectivity index (χ1v) is 17.0. The second-order valence-electron chi connectivity index (χ2n) is 12.3. The van der Waals surface area contributed by atoms with Crippen LogP contribution in [0.2, 0.25) is 0 Å². The molecule has 8 aromatic carbocycles. The molecule has 0 aliphatic rings. The predicted octanol–water partition coefficient (Wildman–Crippen LogP) is 14.2. The fraction of sp³-hybridized carbons (Fsp3) is 0. The standard InChI is InChI=1S/C50H35NO/c1-3-11-36(12-4-1)39-23-29-44(30-24-39)51(45-31-25-40(26-32-45)37-13-5-2-6-14-37)46-33-27-41(28-34-46)38-19-21-42(22-20-38)47-16-8-9-17-48(47)50-35-43-15-7-10-18-49(43)52-50/h1-35H/i23D,24D,25D,26D,29D,30D,31D,32D. The molecule has 0 bridgehead atoms. The van der Waals surface area contributed by atoms with Crippen molar-refractivity contribution in [2.24, 2.45) is 0 Å². The molecule has 1 heterocycles. The van der Waals surface area contributed by atoms with Gasteiger partial charge in [0.15, 0.2) is 0 Å². The number of para-hydroxylation sites is 1. The van der Waals surface area contributed by atoms with Gasteiger partial charge in [-0.1, -0.05) is 164 Å². The van der Waals surface area contributed by atoms with Crippen LogP contribution in [0.3, 0.4) is 0 Å². The number of benzene rings is 8. The lowest BCUT2D eigenvalue weighted by atomic mass is 9.96. The number of fused-ring (bicyclic) bond motifs is 1. The molecule has 0 saturated carbocycles. The molecule has 52 heavy (non-hydrogen) atoms. The monoisotopic (exact) mass is 673 g/mol. The van der Waals surface area contributed by atoms with Gasteiger partial charge in [0, 0.05) is 28.0 Å². The molecular weight excluding hydrogens is 631 g/mol. The largest absolute Gasteiger partial charge is 0.456 e. The van der Waals surface area contributed by atoms with Gasteiger partial charge in [-0.2, -0.15) is 0 Å². The van der Waals surface area contributed by atoms with E-state index in [4.69, 9.17) is 9.90 Å². The molecule has 0 radical (unpaired) electrons. The van der Waals surface area contributed by atoms with Crippen molar-refractivity contribution in [3.63, 3.8) is 0 Å². The van der Waals surface area contributed by atoms with Crippen molar-refractivity contribution < 1.29 is 15.4 Å². The summed E-state index contributed by atoms with van der Waals surface area (Å²) in [6, 6.07) is 48.2. The van der Waals surface area contributed by atoms with Crippen LogP contribution in [0.4, 0.5) is 17.1 Å². The smallest absolute Gasteiger partial charge is 0.136 e. The molecule has 0 saturated heterocycles. The van der Waals surface area contributed by atoms with Crippen molar-refractivity contribution >= 4 is 28.0 Å². The van der Waals surface area contributed by atoms with E-state index >= 15 is 0 Å². The van der Waals surface area contributed by atoms with Crippen molar-refractivity contribution in [3.05, 3.63) is 212 Å². The van der Waals surface area contributed by atoms with E-state index in [-0.39, 0.29) is 70.8 Å². The third kappa shape index (κ3) is 6.19. The molecule has 2 nitrogen and oxygen atoms in total. The SMILES string of the molecule is [2H]c1c([2H])c(N(c2ccc(-c3ccc(-c4ccccc4-c4cc5ccccc5o4)cc3)cc2)c2c([2H])c([2H])c(-c3ccccc3)c([2H])c2[2H])c([2H])c([2H])c1-c1ccccc1. The molecule has 0 atom stereocenters. The van der Waals surface area contributed by atoms with E-state index in [1.807, 2.05) is 78.9 Å². The first-order chi connectivity index (χ1) is 29.1. The highest BCUT2D eigenvalue weighted by Crippen LogP contribution is 2.39. The number of hydrogen-bond donors (Lipinski definition) is 0. The van der Waals surface area contributed by atoms with E-state index in [0.717, 1.165) is 44.5 Å². The summed E-state index contributed by atoms with van der Waals surface area (Å²) in [4.78, 5) is 1.33. The minimum Gasteiger partial charge on any atom is -0.456 e. The molecule has 9 rings (SSSR count). The lowest BCUT2D eigenvalue weighted by Crippen LogP contribution is -2.09. The molecule has 0 spiro atoms. The van der Waals surface area contributed by atoms with Crippen LogP contribution < -0.4 is 4.90 Å². The lowest BCUT2D eigenvalue weighted by Gasteiger charge is -2.26. The Labute approximate surface area is 315 Å². The molecular formula is C50H35NO. The summed E-state index contributed by atoms with van der Waals surface area (Å²) in [5.41, 5.74) is 6.77. The van der Waals surface area contributed by atoms with E-state index in [2.05, 4.69) is 12.1 Å². The molecule has 2 heteroatoms. The second-order valence-corrected chi connectivity index (χ2v) is 12.3. The van der Waals surface area contributed by atoms with Crippen LogP contribution >= 0.6 is 0 Å². The van der Waals surface area contributed by atoms with E-state index < -0.39 is 0 Å². The zero-order chi connectivity index (χ0) is 41.7. The minimum absolute atomic E-state index is 0.118. The van der Waals surface area contributed by atoms with Gasteiger partial charge < -0.3 is 9.32 Å². The molecule has 9 aromatic rings. The van der Waals surface area contributed by atoms with Crippen molar-refractivity contribution in [1.29, 1.82) is 0 Å².